The Hall–Kier alpha value is -5.26. The van der Waals surface area contributed by atoms with Crippen molar-refractivity contribution in [3.8, 4) is 33.6 Å². The monoisotopic (exact) mass is 728 g/mol. The zero-order valence-electron chi connectivity index (χ0n) is 31.5. The van der Waals surface area contributed by atoms with Crippen molar-refractivity contribution in [1.29, 1.82) is 0 Å². The molecule has 2 saturated heterocycles. The lowest BCUT2D eigenvalue weighted by molar-refractivity contribution is -0.138. The Kier molecular flexibility index (Phi) is 11.5. The molecule has 0 radical (unpaired) electrons. The van der Waals surface area contributed by atoms with Crippen molar-refractivity contribution in [1.82, 2.24) is 40.0 Å². The number of nitrogens with zero attached hydrogens (tertiary/aromatic N) is 5. The van der Waals surface area contributed by atoms with Crippen LogP contribution in [-0.2, 0) is 4.79 Å². The van der Waals surface area contributed by atoms with Crippen LogP contribution < -0.4 is 5.32 Å². The normalized spacial score (nSPS) is 18.6. The third-order valence-corrected chi connectivity index (χ3v) is 11.2. The van der Waals surface area contributed by atoms with E-state index in [0.717, 1.165) is 109 Å². The van der Waals surface area contributed by atoms with Crippen LogP contribution in [0.3, 0.4) is 0 Å². The molecule has 7 rings (SSSR count). The molecule has 0 unspecified atom stereocenters. The average molecular weight is 729 g/mol. The van der Waals surface area contributed by atoms with Crippen molar-refractivity contribution in [2.45, 2.75) is 77.0 Å². The molecule has 282 valence electrons. The fourth-order valence-electron chi connectivity index (χ4n) is 8.28. The van der Waals surface area contributed by atoms with Crippen molar-refractivity contribution in [2.75, 3.05) is 32.7 Å². The van der Waals surface area contributed by atoms with Crippen LogP contribution in [0.1, 0.15) is 88.2 Å². The van der Waals surface area contributed by atoms with Crippen molar-refractivity contribution in [3.63, 3.8) is 0 Å². The maximum atomic E-state index is 14.2. The van der Waals surface area contributed by atoms with Crippen LogP contribution in [0, 0.1) is 0 Å². The van der Waals surface area contributed by atoms with Crippen molar-refractivity contribution < 1.29 is 14.7 Å². The quantitative estimate of drug-likeness (QED) is 0.0909. The molecule has 4 atom stereocenters. The van der Waals surface area contributed by atoms with E-state index < -0.39 is 6.09 Å². The molecule has 2 fully saturated rings. The van der Waals surface area contributed by atoms with E-state index in [1.165, 1.54) is 0 Å². The van der Waals surface area contributed by atoms with Crippen molar-refractivity contribution in [2.24, 2.45) is 0 Å². The van der Waals surface area contributed by atoms with Gasteiger partial charge < -0.3 is 25.3 Å². The summed E-state index contributed by atoms with van der Waals surface area (Å²) in [4.78, 5) is 48.7. The predicted octanol–water partition coefficient (Wildman–Crippen LogP) is 8.06. The minimum absolute atomic E-state index is 0.0802. The van der Waals surface area contributed by atoms with Crippen LogP contribution in [0.4, 0.5) is 4.79 Å². The lowest BCUT2D eigenvalue weighted by atomic mass is 10.0. The lowest BCUT2D eigenvalue weighted by Gasteiger charge is -2.34. The number of aromatic amines is 2. The number of H-pyrrole nitrogens is 2. The third kappa shape index (κ3) is 7.97. The van der Waals surface area contributed by atoms with Gasteiger partial charge in [-0.05, 0) is 79.6 Å². The third-order valence-electron chi connectivity index (χ3n) is 11.2. The number of rotatable bonds is 14. The average Bonchev–Trinajstić information content (AvgIpc) is 4.04. The first-order chi connectivity index (χ1) is 26.4. The summed E-state index contributed by atoms with van der Waals surface area (Å²) in [6.07, 6.45) is 7.45. The van der Waals surface area contributed by atoms with Gasteiger partial charge in [0.05, 0.1) is 35.9 Å². The van der Waals surface area contributed by atoms with Crippen molar-refractivity contribution in [3.05, 3.63) is 108 Å². The molecule has 0 bridgehead atoms. The highest BCUT2D eigenvalue weighted by Crippen LogP contribution is 2.36. The van der Waals surface area contributed by atoms with E-state index in [1.54, 1.807) is 0 Å². The predicted molar refractivity (Wildman–Crippen MR) is 212 cm³/mol. The minimum Gasteiger partial charge on any atom is -0.465 e. The number of amides is 2. The number of likely N-dealkylation sites (N-methyl/N-ethyl adjacent to an activating group) is 1. The maximum Gasteiger partial charge on any atom is 0.404 e. The molecule has 2 amide bonds. The molecular weight excluding hydrogens is 677 g/mol. The number of imidazole rings is 2. The zero-order chi connectivity index (χ0) is 37.6. The van der Waals surface area contributed by atoms with Crippen LogP contribution in [0.2, 0.25) is 0 Å². The molecule has 2 aromatic heterocycles. The summed E-state index contributed by atoms with van der Waals surface area (Å²) in [7, 11) is 0. The summed E-state index contributed by atoms with van der Waals surface area (Å²) in [5.74, 6) is 1.91. The smallest absolute Gasteiger partial charge is 0.404 e. The van der Waals surface area contributed by atoms with Gasteiger partial charge in [0.1, 0.15) is 17.7 Å². The molecule has 11 nitrogen and oxygen atoms in total. The number of carbonyl (C=O) groups excluding carboxylic acids is 1. The van der Waals surface area contributed by atoms with E-state index in [9.17, 15) is 14.7 Å². The number of hydrogen-bond acceptors (Lipinski definition) is 6. The molecule has 2 aliphatic heterocycles. The topological polar surface area (TPSA) is 133 Å². The van der Waals surface area contributed by atoms with Crippen molar-refractivity contribution >= 4 is 12.0 Å². The zero-order valence-corrected chi connectivity index (χ0v) is 31.5. The van der Waals surface area contributed by atoms with E-state index in [1.807, 2.05) is 42.4 Å². The largest absolute Gasteiger partial charge is 0.465 e. The fraction of sp³-hybridized carbons (Fsp3) is 0.395. The molecule has 54 heavy (non-hydrogen) atoms. The summed E-state index contributed by atoms with van der Waals surface area (Å²) in [6.45, 7) is 10.2. The highest BCUT2D eigenvalue weighted by molar-refractivity contribution is 5.84. The van der Waals surface area contributed by atoms with Gasteiger partial charge in [-0.25, -0.2) is 14.8 Å². The molecule has 5 aromatic rings. The van der Waals surface area contributed by atoms with E-state index >= 15 is 0 Å². The van der Waals surface area contributed by atoms with Gasteiger partial charge in [-0.15, -0.1) is 0 Å². The number of nitrogens with one attached hydrogen (secondary N) is 3. The summed E-state index contributed by atoms with van der Waals surface area (Å²) >= 11 is 0. The van der Waals surface area contributed by atoms with Crippen LogP contribution in [0.5, 0.6) is 0 Å². The summed E-state index contributed by atoms with van der Waals surface area (Å²) < 4.78 is 0. The number of likely N-dealkylation sites (tertiary alicyclic amines) is 2. The molecule has 0 spiro atoms. The minimum atomic E-state index is -0.978. The number of aromatic nitrogens is 4. The molecule has 11 heteroatoms. The SMILES string of the molecule is CC[C@@H](CN1CCC[C@H]1c1ncc(-c2ccc(-c3ccc(-c4cnc([C@@H]5CCCN5C(=O)[C@@H](c5ccccc5)N(CC)CC)[nH]4)cc3)cc2)[nH]1)NC(=O)O. The van der Waals surface area contributed by atoms with Crippen LogP contribution >= 0.6 is 0 Å². The van der Waals surface area contributed by atoms with Crippen LogP contribution in [0.25, 0.3) is 33.6 Å². The van der Waals surface area contributed by atoms with Gasteiger partial charge in [0.2, 0.25) is 5.91 Å². The molecule has 4 heterocycles. The van der Waals surface area contributed by atoms with Crippen LogP contribution in [-0.4, -0.2) is 90.5 Å². The van der Waals surface area contributed by atoms with Gasteiger partial charge >= 0.3 is 6.09 Å². The van der Waals surface area contributed by atoms with E-state index in [-0.39, 0.29) is 30.1 Å². The Bertz CT molecular complexity index is 1990. The van der Waals surface area contributed by atoms with Gasteiger partial charge in [0, 0.05) is 19.1 Å². The highest BCUT2D eigenvalue weighted by atomic mass is 16.4. The summed E-state index contributed by atoms with van der Waals surface area (Å²) in [5, 5.41) is 11.9. The molecule has 4 N–H and O–H groups in total. The number of hydrogen-bond donors (Lipinski definition) is 4. The fourth-order valence-corrected chi connectivity index (χ4v) is 8.28. The first-order valence-corrected chi connectivity index (χ1v) is 19.5. The van der Waals surface area contributed by atoms with Gasteiger partial charge in [0.15, 0.2) is 0 Å². The Balaban J connectivity index is 1.01. The number of carboxylic acid groups (broad SMARTS) is 1. The Morgan fingerprint density at radius 1 is 0.778 bits per heavy atom. The first-order valence-electron chi connectivity index (χ1n) is 19.5. The van der Waals surface area contributed by atoms with E-state index in [4.69, 9.17) is 9.97 Å². The number of carbonyl (C=O) groups is 2. The van der Waals surface area contributed by atoms with Gasteiger partial charge in [0.25, 0.3) is 0 Å². The molecule has 0 saturated carbocycles. The first kappa shape index (κ1) is 37.1. The lowest BCUT2D eigenvalue weighted by Crippen LogP contribution is -2.43. The Morgan fingerprint density at radius 3 is 1.87 bits per heavy atom. The molecule has 3 aromatic carbocycles. The second kappa shape index (κ2) is 16.8. The Labute approximate surface area is 317 Å². The van der Waals surface area contributed by atoms with Gasteiger partial charge in [-0.1, -0.05) is 99.6 Å². The molecule has 0 aliphatic carbocycles. The standard InChI is InChI=1S/C43H52N8O3/c1-4-34(46-43(53)54)28-50-24-10-14-37(50)40-44-26-35(47-40)31-20-16-29(17-21-31)30-18-22-32(23-19-30)36-27-45-41(48-36)38-15-11-25-51(38)42(52)39(49(5-2)6-3)33-12-8-7-9-13-33/h7-9,12-13,16-23,26-27,34,37-39,46H,4-6,10-11,14-15,24-25,28H2,1-3H3,(H,44,47)(H,45,48)(H,53,54)/t34-,37-,38-,39+/m0/s1. The van der Waals surface area contributed by atoms with Gasteiger partial charge in [-0.3, -0.25) is 14.6 Å². The van der Waals surface area contributed by atoms with Gasteiger partial charge in [-0.2, -0.15) is 0 Å². The Morgan fingerprint density at radius 2 is 1.31 bits per heavy atom. The second-order valence-electron chi connectivity index (χ2n) is 14.5. The molecule has 2 aliphatic rings. The molecular formula is C43H52N8O3. The van der Waals surface area contributed by atoms with Crippen LogP contribution in [0.15, 0.2) is 91.3 Å². The van der Waals surface area contributed by atoms with E-state index in [0.29, 0.717) is 6.54 Å². The highest BCUT2D eigenvalue weighted by Gasteiger charge is 2.38. The van der Waals surface area contributed by atoms with E-state index in [2.05, 4.69) is 99.6 Å². The summed E-state index contributed by atoms with van der Waals surface area (Å²) in [6, 6.07) is 26.8. The second-order valence-corrected chi connectivity index (χ2v) is 14.5. The number of benzene rings is 3. The maximum absolute atomic E-state index is 14.2. The summed E-state index contributed by atoms with van der Waals surface area (Å²) in [5.41, 5.74) is 7.29.